The maximum atomic E-state index is 12.8. The highest BCUT2D eigenvalue weighted by molar-refractivity contribution is 5.91. The van der Waals surface area contributed by atoms with Crippen LogP contribution in [0.2, 0.25) is 0 Å². The predicted octanol–water partition coefficient (Wildman–Crippen LogP) is 2.91. The molecule has 0 radical (unpaired) electrons. The van der Waals surface area contributed by atoms with E-state index in [0.29, 0.717) is 17.4 Å². The first kappa shape index (κ1) is 21.8. The number of nitrogens with one attached hydrogen (secondary N) is 2. The van der Waals surface area contributed by atoms with E-state index in [-0.39, 0.29) is 25.6 Å². The van der Waals surface area contributed by atoms with Gasteiger partial charge in [0.15, 0.2) is 0 Å². The van der Waals surface area contributed by atoms with Crippen molar-refractivity contribution in [2.24, 2.45) is 0 Å². The van der Waals surface area contributed by atoms with E-state index in [9.17, 15) is 18.4 Å². The maximum absolute atomic E-state index is 12.8. The number of rotatable bonds is 5. The summed E-state index contributed by atoms with van der Waals surface area (Å²) in [7, 11) is 0. The molecule has 2 fully saturated rings. The molecule has 0 spiro atoms. The van der Waals surface area contributed by atoms with Crippen LogP contribution in [0.25, 0.3) is 22.3 Å². The van der Waals surface area contributed by atoms with Crippen molar-refractivity contribution in [3.05, 3.63) is 42.4 Å². The Balaban J connectivity index is 1.49. The van der Waals surface area contributed by atoms with Gasteiger partial charge < -0.3 is 0 Å². The summed E-state index contributed by atoms with van der Waals surface area (Å²) in [6.07, 6.45) is 0.132. The number of likely N-dealkylation sites (tertiary alicyclic amines) is 1. The number of halogens is 3. The molecule has 0 saturated carbocycles. The van der Waals surface area contributed by atoms with E-state index in [1.807, 2.05) is 18.2 Å². The highest BCUT2D eigenvalue weighted by Crippen LogP contribution is 2.36. The highest BCUT2D eigenvalue weighted by atomic mass is 19.4. The Morgan fingerprint density at radius 2 is 2.09 bits per heavy atom. The fourth-order valence-corrected chi connectivity index (χ4v) is 4.73. The molecule has 2 aliphatic heterocycles. The molecule has 8 nitrogen and oxygen atoms in total. The Morgan fingerprint density at radius 1 is 1.27 bits per heavy atom. The van der Waals surface area contributed by atoms with Crippen LogP contribution in [0.15, 0.2) is 36.7 Å². The smallest absolute Gasteiger partial charge is 0.290 e. The van der Waals surface area contributed by atoms with Crippen molar-refractivity contribution in [2.75, 3.05) is 19.6 Å². The lowest BCUT2D eigenvalue weighted by Gasteiger charge is -2.49. The monoisotopic (exact) mass is 456 g/mol. The lowest BCUT2D eigenvalue weighted by Crippen LogP contribution is -2.64. The fraction of sp³-hybridized carbons (Fsp3) is 0.455. The Labute approximate surface area is 188 Å². The van der Waals surface area contributed by atoms with E-state index in [4.69, 9.17) is 4.98 Å². The molecule has 2 unspecified atom stereocenters. The van der Waals surface area contributed by atoms with Crippen LogP contribution >= 0.6 is 0 Å². The quantitative estimate of drug-likeness (QED) is 0.610. The van der Waals surface area contributed by atoms with Gasteiger partial charge in [-0.25, -0.2) is 10.4 Å². The van der Waals surface area contributed by atoms with Crippen LogP contribution in [-0.2, 0) is 5.54 Å². The SMILES string of the molecule is CC1CC(c2cc3ncccc3c(-c3ccn(C4(CC#N)CN(CC(F)(F)F)C4)n3)n2)NN1. The second-order valence-electron chi connectivity index (χ2n) is 8.91. The molecule has 2 aliphatic rings. The Kier molecular flexibility index (Phi) is 5.31. The molecule has 5 heterocycles. The average Bonchev–Trinajstić information content (AvgIpc) is 3.40. The van der Waals surface area contributed by atoms with E-state index < -0.39 is 18.3 Å². The number of alkyl halides is 3. The van der Waals surface area contributed by atoms with Crippen LogP contribution in [0.3, 0.4) is 0 Å². The van der Waals surface area contributed by atoms with Crippen molar-refractivity contribution >= 4 is 10.9 Å². The molecule has 2 N–H and O–H groups in total. The number of nitriles is 1. The van der Waals surface area contributed by atoms with E-state index in [0.717, 1.165) is 23.0 Å². The van der Waals surface area contributed by atoms with Gasteiger partial charge in [0.25, 0.3) is 0 Å². The third-order valence-electron chi connectivity index (χ3n) is 6.23. The van der Waals surface area contributed by atoms with Crippen LogP contribution in [0, 0.1) is 11.3 Å². The van der Waals surface area contributed by atoms with Gasteiger partial charge in [0, 0.05) is 36.9 Å². The number of hydrogen-bond donors (Lipinski definition) is 2. The molecule has 172 valence electrons. The molecule has 3 aromatic rings. The normalized spacial score (nSPS) is 22.9. The van der Waals surface area contributed by atoms with Crippen LogP contribution in [0.1, 0.15) is 31.5 Å². The minimum atomic E-state index is -4.27. The summed E-state index contributed by atoms with van der Waals surface area (Å²) in [6, 6.07) is 9.97. The number of nitrogens with zero attached hydrogens (tertiary/aromatic N) is 6. The second kappa shape index (κ2) is 8.06. The zero-order valence-corrected chi connectivity index (χ0v) is 18.0. The topological polar surface area (TPSA) is 94.7 Å². The molecule has 0 amide bonds. The first-order valence-electron chi connectivity index (χ1n) is 10.8. The lowest BCUT2D eigenvalue weighted by molar-refractivity contribution is -0.167. The zero-order valence-electron chi connectivity index (χ0n) is 18.0. The van der Waals surface area contributed by atoms with Crippen LogP contribution < -0.4 is 10.9 Å². The average molecular weight is 456 g/mol. The fourth-order valence-electron chi connectivity index (χ4n) is 4.73. The highest BCUT2D eigenvalue weighted by Gasteiger charge is 2.48. The van der Waals surface area contributed by atoms with Gasteiger partial charge in [-0.1, -0.05) is 0 Å². The summed E-state index contributed by atoms with van der Waals surface area (Å²) in [5.41, 5.74) is 8.57. The summed E-state index contributed by atoms with van der Waals surface area (Å²) in [5, 5.41) is 14.9. The van der Waals surface area contributed by atoms with Crippen molar-refractivity contribution in [1.82, 2.24) is 35.5 Å². The van der Waals surface area contributed by atoms with Gasteiger partial charge in [0.05, 0.1) is 36.3 Å². The van der Waals surface area contributed by atoms with Gasteiger partial charge >= 0.3 is 6.18 Å². The minimum absolute atomic E-state index is 0.0275. The van der Waals surface area contributed by atoms with Gasteiger partial charge in [-0.2, -0.15) is 23.5 Å². The maximum Gasteiger partial charge on any atom is 0.401 e. The Morgan fingerprint density at radius 3 is 2.79 bits per heavy atom. The number of aromatic nitrogens is 4. The number of hydrazine groups is 1. The number of pyridine rings is 2. The second-order valence-corrected chi connectivity index (χ2v) is 8.91. The van der Waals surface area contributed by atoms with E-state index >= 15 is 0 Å². The Hall–Kier alpha value is -3.07. The summed E-state index contributed by atoms with van der Waals surface area (Å²) < 4.78 is 40.0. The summed E-state index contributed by atoms with van der Waals surface area (Å²) in [6.45, 7) is 1.33. The molecular weight excluding hydrogens is 433 g/mol. The van der Waals surface area contributed by atoms with Crippen molar-refractivity contribution in [2.45, 2.75) is 43.6 Å². The predicted molar refractivity (Wildman–Crippen MR) is 115 cm³/mol. The molecule has 3 aromatic heterocycles. The minimum Gasteiger partial charge on any atom is -0.290 e. The first-order chi connectivity index (χ1) is 15.8. The largest absolute Gasteiger partial charge is 0.401 e. The standard InChI is InChI=1S/C22H23F3N8/c1-14-9-19(30-29-14)18-10-17-15(3-2-7-27-17)20(28-18)16-4-8-33(31-16)21(5-6-26)11-32(12-21)13-22(23,24)25/h2-4,7-8,10,14,19,29-30H,5,9,11-13H2,1H3. The van der Waals surface area contributed by atoms with Crippen molar-refractivity contribution in [3.8, 4) is 17.5 Å². The molecule has 33 heavy (non-hydrogen) atoms. The number of fused-ring (bicyclic) bond motifs is 1. The molecule has 5 rings (SSSR count). The number of hydrogen-bond acceptors (Lipinski definition) is 7. The van der Waals surface area contributed by atoms with Crippen molar-refractivity contribution in [1.29, 1.82) is 5.26 Å². The van der Waals surface area contributed by atoms with Gasteiger partial charge in [0.1, 0.15) is 16.9 Å². The molecule has 0 bridgehead atoms. The summed E-state index contributed by atoms with van der Waals surface area (Å²) >= 11 is 0. The molecule has 0 aromatic carbocycles. The first-order valence-corrected chi connectivity index (χ1v) is 10.8. The molecular formula is C22H23F3N8. The van der Waals surface area contributed by atoms with E-state index in [2.05, 4.69) is 33.9 Å². The Bertz CT molecular complexity index is 1210. The lowest BCUT2D eigenvalue weighted by atomic mass is 9.87. The molecule has 11 heteroatoms. The van der Waals surface area contributed by atoms with Gasteiger partial charge in [-0.3, -0.25) is 20.0 Å². The van der Waals surface area contributed by atoms with E-state index in [1.54, 1.807) is 23.1 Å². The third-order valence-corrected chi connectivity index (χ3v) is 6.23. The summed E-state index contributed by atoms with van der Waals surface area (Å²) in [5.74, 6) is 0. The molecule has 0 aliphatic carbocycles. The van der Waals surface area contributed by atoms with Gasteiger partial charge in [-0.15, -0.1) is 0 Å². The third kappa shape index (κ3) is 4.17. The molecule has 2 saturated heterocycles. The van der Waals surface area contributed by atoms with Crippen LogP contribution in [-0.4, -0.2) is 56.5 Å². The van der Waals surface area contributed by atoms with E-state index in [1.165, 1.54) is 4.90 Å². The van der Waals surface area contributed by atoms with Crippen LogP contribution in [0.4, 0.5) is 13.2 Å². The molecule has 2 atom stereocenters. The van der Waals surface area contributed by atoms with Gasteiger partial charge in [-0.05, 0) is 37.6 Å². The van der Waals surface area contributed by atoms with Crippen LogP contribution in [0.5, 0.6) is 0 Å². The summed E-state index contributed by atoms with van der Waals surface area (Å²) in [4.78, 5) is 10.7. The van der Waals surface area contributed by atoms with Crippen molar-refractivity contribution in [3.63, 3.8) is 0 Å². The zero-order chi connectivity index (χ0) is 23.2. The van der Waals surface area contributed by atoms with Gasteiger partial charge in [0.2, 0.25) is 0 Å². The van der Waals surface area contributed by atoms with Crippen molar-refractivity contribution < 1.29 is 13.2 Å².